The Bertz CT molecular complexity index is 1130. The van der Waals surface area contributed by atoms with Gasteiger partial charge in [0, 0.05) is 31.9 Å². The van der Waals surface area contributed by atoms with Gasteiger partial charge in [-0.2, -0.15) is 0 Å². The number of carbonyl (C=O) groups is 5. The molecule has 1 aromatic rings. The van der Waals surface area contributed by atoms with Crippen LogP contribution in [0.25, 0.3) is 0 Å². The van der Waals surface area contributed by atoms with Crippen LogP contribution in [0.3, 0.4) is 0 Å². The van der Waals surface area contributed by atoms with Crippen LogP contribution in [-0.2, 0) is 19.2 Å². The van der Waals surface area contributed by atoms with Gasteiger partial charge in [0.25, 0.3) is 5.91 Å². The van der Waals surface area contributed by atoms with E-state index in [2.05, 4.69) is 16.0 Å². The summed E-state index contributed by atoms with van der Waals surface area (Å²) >= 11 is 0. The molecule has 42 heavy (non-hydrogen) atoms. The van der Waals surface area contributed by atoms with Gasteiger partial charge in [-0.15, -0.1) is 0 Å². The zero-order valence-electron chi connectivity index (χ0n) is 26.9. The van der Waals surface area contributed by atoms with Gasteiger partial charge in [0.1, 0.15) is 18.1 Å². The molecule has 4 atom stereocenters. The molecule has 1 aliphatic heterocycles. The number of carbonyl (C=O) groups excluding carboxylic acids is 5. The van der Waals surface area contributed by atoms with Gasteiger partial charge in [-0.1, -0.05) is 47.6 Å². The normalized spacial score (nSPS) is 17.3. The molecular formula is C31H50N6O5. The second-order valence-electron chi connectivity index (χ2n) is 12.4. The predicted octanol–water partition coefficient (Wildman–Crippen LogP) is 2.19. The Morgan fingerprint density at radius 2 is 1.52 bits per heavy atom. The number of hydrogen-bond acceptors (Lipinski definition) is 6. The second-order valence-corrected chi connectivity index (χ2v) is 12.4. The molecule has 5 amide bonds. The summed E-state index contributed by atoms with van der Waals surface area (Å²) in [5, 5.41) is 8.35. The van der Waals surface area contributed by atoms with Crippen LogP contribution in [-0.4, -0.2) is 103 Å². The highest BCUT2D eigenvalue weighted by molar-refractivity contribution is 6.01. The maximum Gasteiger partial charge on any atom is 0.251 e. The van der Waals surface area contributed by atoms with Gasteiger partial charge in [-0.3, -0.25) is 28.9 Å². The summed E-state index contributed by atoms with van der Waals surface area (Å²) in [6.45, 7) is 11.8. The summed E-state index contributed by atoms with van der Waals surface area (Å²) in [5.74, 6) is -1.92. The second kappa shape index (κ2) is 15.1. The third-order valence-electron chi connectivity index (χ3n) is 7.79. The summed E-state index contributed by atoms with van der Waals surface area (Å²) in [6, 6.07) is 3.84. The number of likely N-dealkylation sites (tertiary alicyclic amines) is 1. The first-order valence-electron chi connectivity index (χ1n) is 14.8. The topological polar surface area (TPSA) is 131 Å². The highest BCUT2D eigenvalue weighted by Gasteiger charge is 2.42. The van der Waals surface area contributed by atoms with E-state index >= 15 is 0 Å². The summed E-state index contributed by atoms with van der Waals surface area (Å²) in [5.41, 5.74) is 0.868. The van der Waals surface area contributed by atoms with E-state index in [0.717, 1.165) is 0 Å². The van der Waals surface area contributed by atoms with E-state index in [4.69, 9.17) is 0 Å². The molecule has 1 fully saturated rings. The van der Waals surface area contributed by atoms with Gasteiger partial charge >= 0.3 is 0 Å². The SMILES string of the molecule is CNC(=O)c1cccc(NC(=O)[C@@H]2CCCN2C(=O)[C@H](C(C)C)N(C)C(=O)[C@@H](NC(=O)[C@H](C(C)C)N(C)C)C(C)C)c1. The summed E-state index contributed by atoms with van der Waals surface area (Å²) in [7, 11) is 6.79. The largest absolute Gasteiger partial charge is 0.355 e. The maximum absolute atomic E-state index is 14.0. The molecule has 1 saturated heterocycles. The fraction of sp³-hybridized carbons (Fsp3) is 0.645. The summed E-state index contributed by atoms with van der Waals surface area (Å²) in [6.07, 6.45) is 1.14. The van der Waals surface area contributed by atoms with Crippen molar-refractivity contribution >= 4 is 35.2 Å². The van der Waals surface area contributed by atoms with Crippen molar-refractivity contribution in [3.05, 3.63) is 29.8 Å². The van der Waals surface area contributed by atoms with E-state index in [9.17, 15) is 24.0 Å². The smallest absolute Gasteiger partial charge is 0.251 e. The molecule has 1 heterocycles. The highest BCUT2D eigenvalue weighted by atomic mass is 16.2. The molecule has 0 saturated carbocycles. The van der Waals surface area contributed by atoms with Gasteiger partial charge < -0.3 is 25.8 Å². The van der Waals surface area contributed by atoms with Crippen LogP contribution in [0.5, 0.6) is 0 Å². The van der Waals surface area contributed by atoms with Crippen molar-refractivity contribution in [1.29, 1.82) is 0 Å². The minimum atomic E-state index is -0.824. The Labute approximate surface area is 250 Å². The Morgan fingerprint density at radius 3 is 2.05 bits per heavy atom. The number of benzene rings is 1. The number of rotatable bonds is 12. The molecule has 0 bridgehead atoms. The number of nitrogens with one attached hydrogen (secondary N) is 3. The Morgan fingerprint density at radius 1 is 0.905 bits per heavy atom. The molecule has 11 nitrogen and oxygen atoms in total. The molecule has 3 N–H and O–H groups in total. The lowest BCUT2D eigenvalue weighted by Crippen LogP contribution is -2.60. The number of likely N-dealkylation sites (N-methyl/N-ethyl adjacent to an activating group) is 2. The molecule has 0 radical (unpaired) electrons. The van der Waals surface area contributed by atoms with E-state index in [0.29, 0.717) is 30.6 Å². The quantitative estimate of drug-likeness (QED) is 0.344. The third-order valence-corrected chi connectivity index (χ3v) is 7.79. The van der Waals surface area contributed by atoms with Gasteiger partial charge in [-0.05, 0) is 62.9 Å². The number of hydrogen-bond donors (Lipinski definition) is 3. The minimum absolute atomic E-state index is 0.0372. The van der Waals surface area contributed by atoms with Crippen LogP contribution in [0.4, 0.5) is 5.69 Å². The average Bonchev–Trinajstić information content (AvgIpc) is 3.40. The first-order chi connectivity index (χ1) is 19.6. The maximum atomic E-state index is 14.0. The number of nitrogens with zero attached hydrogens (tertiary/aromatic N) is 3. The number of anilines is 1. The molecule has 0 spiro atoms. The zero-order valence-corrected chi connectivity index (χ0v) is 26.9. The van der Waals surface area contributed by atoms with E-state index in [1.165, 1.54) is 11.9 Å². The molecule has 1 aliphatic rings. The predicted molar refractivity (Wildman–Crippen MR) is 164 cm³/mol. The van der Waals surface area contributed by atoms with Crippen LogP contribution < -0.4 is 16.0 Å². The van der Waals surface area contributed by atoms with Gasteiger partial charge in [0.15, 0.2) is 0 Å². The Balaban J connectivity index is 2.25. The molecule has 0 aliphatic carbocycles. The standard InChI is InChI=1S/C31H50N6O5/c1-18(2)24(34-29(40)25(19(3)4)35(8)9)30(41)36(10)26(20(5)6)31(42)37-16-12-15-23(37)28(39)33-22-14-11-13-21(17-22)27(38)32-7/h11,13-14,17-20,23-26H,12,15-16H2,1-10H3,(H,32,38)(H,33,39)(H,34,40)/t23-,24-,25-,26-/m0/s1. The third kappa shape index (κ3) is 8.30. The highest BCUT2D eigenvalue weighted by Crippen LogP contribution is 2.25. The lowest BCUT2D eigenvalue weighted by molar-refractivity contribution is -0.150. The van der Waals surface area contributed by atoms with Crippen LogP contribution in [0.1, 0.15) is 64.7 Å². The van der Waals surface area contributed by atoms with Crippen LogP contribution in [0.2, 0.25) is 0 Å². The van der Waals surface area contributed by atoms with Crippen molar-refractivity contribution < 1.29 is 24.0 Å². The van der Waals surface area contributed by atoms with E-state index in [1.54, 1.807) is 36.2 Å². The average molecular weight is 587 g/mol. The van der Waals surface area contributed by atoms with Gasteiger partial charge in [0.2, 0.25) is 23.6 Å². The number of amides is 5. The summed E-state index contributed by atoms with van der Waals surface area (Å²) in [4.78, 5) is 71.2. The van der Waals surface area contributed by atoms with E-state index in [-0.39, 0.29) is 47.3 Å². The molecule has 0 aromatic heterocycles. The van der Waals surface area contributed by atoms with Crippen molar-refractivity contribution in [2.24, 2.45) is 17.8 Å². The fourth-order valence-corrected chi connectivity index (χ4v) is 5.72. The van der Waals surface area contributed by atoms with E-state index < -0.39 is 24.2 Å². The van der Waals surface area contributed by atoms with E-state index in [1.807, 2.05) is 60.5 Å². The molecule has 11 heteroatoms. The molecule has 0 unspecified atom stereocenters. The van der Waals surface area contributed by atoms with Crippen molar-refractivity contribution in [2.45, 2.75) is 78.6 Å². The Kier molecular flexibility index (Phi) is 12.5. The molecule has 2 rings (SSSR count). The van der Waals surface area contributed by atoms with Crippen molar-refractivity contribution in [3.8, 4) is 0 Å². The monoisotopic (exact) mass is 586 g/mol. The van der Waals surface area contributed by atoms with Crippen LogP contribution in [0.15, 0.2) is 24.3 Å². The van der Waals surface area contributed by atoms with Gasteiger partial charge in [0.05, 0.1) is 6.04 Å². The lowest BCUT2D eigenvalue weighted by atomic mass is 9.96. The van der Waals surface area contributed by atoms with Crippen LogP contribution >= 0.6 is 0 Å². The first-order valence-corrected chi connectivity index (χ1v) is 14.8. The first kappa shape index (κ1) is 34.7. The van der Waals surface area contributed by atoms with Crippen molar-refractivity contribution in [2.75, 3.05) is 40.1 Å². The van der Waals surface area contributed by atoms with Crippen LogP contribution in [0, 0.1) is 17.8 Å². The Hall–Kier alpha value is -3.47. The zero-order chi connectivity index (χ0) is 31.9. The molecule has 1 aromatic carbocycles. The lowest BCUT2D eigenvalue weighted by Gasteiger charge is -2.38. The van der Waals surface area contributed by atoms with Crippen molar-refractivity contribution in [3.63, 3.8) is 0 Å². The minimum Gasteiger partial charge on any atom is -0.355 e. The summed E-state index contributed by atoms with van der Waals surface area (Å²) < 4.78 is 0. The van der Waals surface area contributed by atoms with Crippen molar-refractivity contribution in [1.82, 2.24) is 25.3 Å². The van der Waals surface area contributed by atoms with Gasteiger partial charge in [-0.25, -0.2) is 0 Å². The fourth-order valence-electron chi connectivity index (χ4n) is 5.72. The molecule has 234 valence electrons. The molecular weight excluding hydrogens is 536 g/mol.